The third kappa shape index (κ3) is 4.92. The van der Waals surface area contributed by atoms with Crippen molar-refractivity contribution in [2.24, 2.45) is 0 Å². The van der Waals surface area contributed by atoms with Crippen LogP contribution in [-0.4, -0.2) is 32.8 Å². The highest BCUT2D eigenvalue weighted by atomic mass is 16.5. The van der Waals surface area contributed by atoms with Crippen molar-refractivity contribution in [3.8, 4) is 17.2 Å². The molecule has 0 spiro atoms. The van der Waals surface area contributed by atoms with E-state index in [1.54, 1.807) is 25.3 Å². The molecule has 0 fully saturated rings. The molecule has 0 atom stereocenters. The van der Waals surface area contributed by atoms with Crippen molar-refractivity contribution in [2.75, 3.05) is 26.9 Å². The van der Waals surface area contributed by atoms with Crippen molar-refractivity contribution >= 4 is 5.91 Å². The van der Waals surface area contributed by atoms with E-state index in [9.17, 15) is 4.79 Å². The molecule has 2 aromatic rings. The van der Waals surface area contributed by atoms with Crippen LogP contribution in [0.5, 0.6) is 17.2 Å². The summed E-state index contributed by atoms with van der Waals surface area (Å²) < 4.78 is 16.2. The summed E-state index contributed by atoms with van der Waals surface area (Å²) in [6, 6.07) is 14.6. The van der Waals surface area contributed by atoms with E-state index < -0.39 is 0 Å². The molecule has 0 heterocycles. The molecule has 2 rings (SSSR count). The van der Waals surface area contributed by atoms with Gasteiger partial charge in [0.15, 0.2) is 11.5 Å². The predicted octanol–water partition coefficient (Wildman–Crippen LogP) is 2.90. The van der Waals surface area contributed by atoms with Crippen molar-refractivity contribution in [2.45, 2.75) is 6.92 Å². The van der Waals surface area contributed by atoms with E-state index in [0.29, 0.717) is 36.8 Å². The fourth-order valence-corrected chi connectivity index (χ4v) is 2.04. The average Bonchev–Trinajstić information content (AvgIpc) is 2.60. The largest absolute Gasteiger partial charge is 0.493 e. The fraction of sp³-hybridized carbons (Fsp3) is 0.278. The number of methoxy groups -OCH3 is 1. The molecule has 1 N–H and O–H groups in total. The molecule has 0 saturated carbocycles. The molecule has 0 radical (unpaired) electrons. The number of rotatable bonds is 8. The second-order valence-corrected chi connectivity index (χ2v) is 4.72. The highest BCUT2D eigenvalue weighted by Gasteiger charge is 2.10. The Balaban J connectivity index is 1.85. The smallest absolute Gasteiger partial charge is 0.251 e. The molecule has 122 valence electrons. The van der Waals surface area contributed by atoms with Crippen LogP contribution in [0.2, 0.25) is 0 Å². The Morgan fingerprint density at radius 2 is 1.83 bits per heavy atom. The van der Waals surface area contributed by atoms with Crippen LogP contribution in [0, 0.1) is 0 Å². The van der Waals surface area contributed by atoms with Gasteiger partial charge in [-0.25, -0.2) is 0 Å². The molecule has 0 saturated heterocycles. The lowest BCUT2D eigenvalue weighted by Crippen LogP contribution is -2.28. The Kier molecular flexibility index (Phi) is 6.29. The molecule has 1 amide bonds. The molecule has 2 aromatic carbocycles. The van der Waals surface area contributed by atoms with Gasteiger partial charge in [0.25, 0.3) is 5.91 Å². The monoisotopic (exact) mass is 315 g/mol. The van der Waals surface area contributed by atoms with Crippen LogP contribution < -0.4 is 19.5 Å². The van der Waals surface area contributed by atoms with E-state index in [0.717, 1.165) is 5.75 Å². The molecule has 0 aliphatic heterocycles. The average molecular weight is 315 g/mol. The van der Waals surface area contributed by atoms with Crippen molar-refractivity contribution in [3.05, 3.63) is 54.1 Å². The number of nitrogens with one attached hydrogen (secondary N) is 1. The van der Waals surface area contributed by atoms with E-state index in [1.807, 2.05) is 37.3 Å². The minimum absolute atomic E-state index is 0.178. The van der Waals surface area contributed by atoms with Gasteiger partial charge in [-0.15, -0.1) is 0 Å². The quantitative estimate of drug-likeness (QED) is 0.761. The second kappa shape index (κ2) is 8.68. The van der Waals surface area contributed by atoms with Crippen LogP contribution in [0.4, 0.5) is 0 Å². The molecule has 5 heteroatoms. The van der Waals surface area contributed by atoms with Gasteiger partial charge in [0.2, 0.25) is 0 Å². The van der Waals surface area contributed by atoms with Crippen LogP contribution in [0.25, 0.3) is 0 Å². The maximum Gasteiger partial charge on any atom is 0.251 e. The molecule has 0 aromatic heterocycles. The SMILES string of the molecule is CCOc1ccc(C(=O)NCCOc2ccccc2)cc1OC. The minimum atomic E-state index is -0.178. The molecule has 5 nitrogen and oxygen atoms in total. The standard InChI is InChI=1S/C18H21NO4/c1-3-22-16-10-9-14(13-17(16)21-2)18(20)19-11-12-23-15-7-5-4-6-8-15/h4-10,13H,3,11-12H2,1-2H3,(H,19,20). The van der Waals surface area contributed by atoms with Crippen LogP contribution in [0.15, 0.2) is 48.5 Å². The molecule has 0 bridgehead atoms. The van der Waals surface area contributed by atoms with Crippen molar-refractivity contribution in [1.29, 1.82) is 0 Å². The topological polar surface area (TPSA) is 56.8 Å². The number of benzene rings is 2. The lowest BCUT2D eigenvalue weighted by molar-refractivity contribution is 0.0946. The maximum absolute atomic E-state index is 12.1. The fourth-order valence-electron chi connectivity index (χ4n) is 2.04. The zero-order valence-corrected chi connectivity index (χ0v) is 13.4. The van der Waals surface area contributed by atoms with Crippen LogP contribution in [-0.2, 0) is 0 Å². The molecular formula is C18H21NO4. The van der Waals surface area contributed by atoms with E-state index >= 15 is 0 Å². The van der Waals surface area contributed by atoms with Crippen molar-refractivity contribution in [1.82, 2.24) is 5.32 Å². The first-order valence-electron chi connectivity index (χ1n) is 7.51. The van der Waals surface area contributed by atoms with Crippen molar-refractivity contribution < 1.29 is 19.0 Å². The Bertz CT molecular complexity index is 628. The lowest BCUT2D eigenvalue weighted by Gasteiger charge is -2.11. The summed E-state index contributed by atoms with van der Waals surface area (Å²) in [5.74, 6) is 1.77. The first-order chi connectivity index (χ1) is 11.2. The number of hydrogen-bond acceptors (Lipinski definition) is 4. The van der Waals surface area contributed by atoms with E-state index in [2.05, 4.69) is 5.32 Å². The van der Waals surface area contributed by atoms with Crippen molar-refractivity contribution in [3.63, 3.8) is 0 Å². The number of carbonyl (C=O) groups excluding carboxylic acids is 1. The first kappa shape index (κ1) is 16.7. The summed E-state index contributed by atoms with van der Waals surface area (Å²) in [5.41, 5.74) is 0.519. The van der Waals surface area contributed by atoms with E-state index in [-0.39, 0.29) is 5.91 Å². The summed E-state index contributed by atoms with van der Waals surface area (Å²) in [6.07, 6.45) is 0. The summed E-state index contributed by atoms with van der Waals surface area (Å²) in [5, 5.41) is 2.81. The van der Waals surface area contributed by atoms with Gasteiger partial charge >= 0.3 is 0 Å². The number of ether oxygens (including phenoxy) is 3. The second-order valence-electron chi connectivity index (χ2n) is 4.72. The minimum Gasteiger partial charge on any atom is -0.493 e. The number of carbonyl (C=O) groups is 1. The first-order valence-corrected chi connectivity index (χ1v) is 7.51. The highest BCUT2D eigenvalue weighted by molar-refractivity contribution is 5.94. The Morgan fingerprint density at radius 3 is 2.52 bits per heavy atom. The van der Waals surface area contributed by atoms with Gasteiger partial charge in [0.05, 0.1) is 20.3 Å². The van der Waals surface area contributed by atoms with E-state index in [4.69, 9.17) is 14.2 Å². The van der Waals surface area contributed by atoms with Crippen LogP contribution in [0.3, 0.4) is 0 Å². The zero-order valence-electron chi connectivity index (χ0n) is 13.4. The van der Waals surface area contributed by atoms with Gasteiger partial charge in [0.1, 0.15) is 12.4 Å². The molecule has 23 heavy (non-hydrogen) atoms. The third-order valence-electron chi connectivity index (χ3n) is 3.13. The van der Waals surface area contributed by atoms with Crippen LogP contribution in [0.1, 0.15) is 17.3 Å². The number of amides is 1. The lowest BCUT2D eigenvalue weighted by atomic mass is 10.2. The number of para-hydroxylation sites is 1. The molecule has 0 aliphatic rings. The molecule has 0 unspecified atom stereocenters. The zero-order chi connectivity index (χ0) is 16.5. The van der Waals surface area contributed by atoms with Gasteiger partial charge in [0, 0.05) is 5.56 Å². The van der Waals surface area contributed by atoms with Gasteiger partial charge in [-0.1, -0.05) is 18.2 Å². The molecular weight excluding hydrogens is 294 g/mol. The molecule has 0 aliphatic carbocycles. The highest BCUT2D eigenvalue weighted by Crippen LogP contribution is 2.27. The van der Waals surface area contributed by atoms with Gasteiger partial charge in [-0.2, -0.15) is 0 Å². The summed E-state index contributed by atoms with van der Waals surface area (Å²) in [6.45, 7) is 3.26. The van der Waals surface area contributed by atoms with Gasteiger partial charge in [-0.3, -0.25) is 4.79 Å². The predicted molar refractivity (Wildman–Crippen MR) is 88.4 cm³/mol. The number of hydrogen-bond donors (Lipinski definition) is 1. The Morgan fingerprint density at radius 1 is 1.04 bits per heavy atom. The van der Waals surface area contributed by atoms with E-state index in [1.165, 1.54) is 0 Å². The third-order valence-corrected chi connectivity index (χ3v) is 3.13. The van der Waals surface area contributed by atoms with Crippen LogP contribution >= 0.6 is 0 Å². The summed E-state index contributed by atoms with van der Waals surface area (Å²) in [4.78, 5) is 12.1. The maximum atomic E-state index is 12.1. The van der Waals surface area contributed by atoms with Gasteiger partial charge in [-0.05, 0) is 37.3 Å². The Hall–Kier alpha value is -2.69. The Labute approximate surface area is 136 Å². The normalized spacial score (nSPS) is 10.0. The summed E-state index contributed by atoms with van der Waals surface area (Å²) >= 11 is 0. The summed E-state index contributed by atoms with van der Waals surface area (Å²) in [7, 11) is 1.55. The van der Waals surface area contributed by atoms with Gasteiger partial charge < -0.3 is 19.5 Å².